The van der Waals surface area contributed by atoms with Crippen molar-refractivity contribution >= 4 is 16.8 Å². The summed E-state index contributed by atoms with van der Waals surface area (Å²) in [5.74, 6) is -0.513. The van der Waals surface area contributed by atoms with Gasteiger partial charge in [-0.05, 0) is 35.2 Å². The van der Waals surface area contributed by atoms with Gasteiger partial charge in [-0.3, -0.25) is 15.0 Å². The molecular formula is C15H13N3O2. The van der Waals surface area contributed by atoms with Crippen LogP contribution in [0.1, 0.15) is 15.9 Å². The van der Waals surface area contributed by atoms with Crippen molar-refractivity contribution in [3.05, 3.63) is 66.1 Å². The topological polar surface area (TPSA) is 67.2 Å². The maximum Gasteiger partial charge on any atom is 0.274 e. The Balaban J connectivity index is 2.01. The standard InChI is InChI=1S/C15H13N3O2/c19-15(17-20)13-4-3-12-5-7-18(14(12)8-13)10-11-2-1-6-16-9-11/h1-9,20H,10H2,(H,17,19). The summed E-state index contributed by atoms with van der Waals surface area (Å²) in [4.78, 5) is 15.6. The van der Waals surface area contributed by atoms with E-state index >= 15 is 0 Å². The van der Waals surface area contributed by atoms with Crippen LogP contribution in [0.5, 0.6) is 0 Å². The second-order valence-electron chi connectivity index (χ2n) is 4.52. The lowest BCUT2D eigenvalue weighted by atomic mass is 10.1. The summed E-state index contributed by atoms with van der Waals surface area (Å²) in [6.07, 6.45) is 5.52. The molecule has 0 aliphatic heterocycles. The molecule has 0 unspecified atom stereocenters. The third-order valence-corrected chi connectivity index (χ3v) is 3.21. The van der Waals surface area contributed by atoms with Crippen molar-refractivity contribution < 1.29 is 10.0 Å². The minimum atomic E-state index is -0.513. The number of rotatable bonds is 3. The van der Waals surface area contributed by atoms with Crippen LogP contribution in [0.25, 0.3) is 10.9 Å². The summed E-state index contributed by atoms with van der Waals surface area (Å²) in [6.45, 7) is 0.682. The van der Waals surface area contributed by atoms with Gasteiger partial charge in [0.15, 0.2) is 0 Å². The maximum absolute atomic E-state index is 11.5. The number of amides is 1. The van der Waals surface area contributed by atoms with Crippen molar-refractivity contribution in [3.63, 3.8) is 0 Å². The molecule has 0 saturated carbocycles. The molecule has 0 fully saturated rings. The van der Waals surface area contributed by atoms with Crippen LogP contribution in [0.3, 0.4) is 0 Å². The van der Waals surface area contributed by atoms with Crippen LogP contribution >= 0.6 is 0 Å². The van der Waals surface area contributed by atoms with Crippen molar-refractivity contribution in [2.75, 3.05) is 0 Å². The summed E-state index contributed by atoms with van der Waals surface area (Å²) in [7, 11) is 0. The lowest BCUT2D eigenvalue weighted by molar-refractivity contribution is 0.0706. The number of hydrogen-bond acceptors (Lipinski definition) is 3. The van der Waals surface area contributed by atoms with Gasteiger partial charge in [0.25, 0.3) is 5.91 Å². The van der Waals surface area contributed by atoms with Crippen LogP contribution in [-0.2, 0) is 6.54 Å². The van der Waals surface area contributed by atoms with E-state index in [9.17, 15) is 4.79 Å². The highest BCUT2D eigenvalue weighted by molar-refractivity contribution is 5.97. The second kappa shape index (κ2) is 5.14. The maximum atomic E-state index is 11.5. The normalized spacial score (nSPS) is 10.7. The number of pyridine rings is 1. The number of aromatic nitrogens is 2. The molecule has 1 amide bonds. The second-order valence-corrected chi connectivity index (χ2v) is 4.52. The molecule has 20 heavy (non-hydrogen) atoms. The zero-order valence-corrected chi connectivity index (χ0v) is 10.7. The first-order chi connectivity index (χ1) is 9.78. The van der Waals surface area contributed by atoms with Crippen molar-refractivity contribution in [3.8, 4) is 0 Å². The molecular weight excluding hydrogens is 254 g/mol. The monoisotopic (exact) mass is 267 g/mol. The van der Waals surface area contributed by atoms with Crippen molar-refractivity contribution in [1.82, 2.24) is 15.0 Å². The predicted molar refractivity (Wildman–Crippen MR) is 74.5 cm³/mol. The molecule has 5 nitrogen and oxygen atoms in total. The summed E-state index contributed by atoms with van der Waals surface area (Å²) in [5, 5.41) is 9.75. The van der Waals surface area contributed by atoms with E-state index in [1.54, 1.807) is 23.8 Å². The molecule has 0 atom stereocenters. The summed E-state index contributed by atoms with van der Waals surface area (Å²) < 4.78 is 2.04. The van der Waals surface area contributed by atoms with E-state index in [0.29, 0.717) is 12.1 Å². The minimum Gasteiger partial charge on any atom is -0.343 e. The molecule has 5 heteroatoms. The third kappa shape index (κ3) is 2.26. The number of carbonyl (C=O) groups is 1. The van der Waals surface area contributed by atoms with E-state index in [-0.39, 0.29) is 0 Å². The SMILES string of the molecule is O=C(NO)c1ccc2ccn(Cc3cccnc3)c2c1. The Bertz CT molecular complexity index is 750. The number of hydrogen-bond donors (Lipinski definition) is 2. The predicted octanol–water partition coefficient (Wildman–Crippen LogP) is 2.20. The van der Waals surface area contributed by atoms with E-state index in [0.717, 1.165) is 16.5 Å². The summed E-state index contributed by atoms with van der Waals surface area (Å²) in [5.41, 5.74) is 4.10. The number of carbonyl (C=O) groups excluding carboxylic acids is 1. The fraction of sp³-hybridized carbons (Fsp3) is 0.0667. The number of nitrogens with zero attached hydrogens (tertiary/aromatic N) is 2. The minimum absolute atomic E-state index is 0.422. The molecule has 0 radical (unpaired) electrons. The van der Waals surface area contributed by atoms with E-state index in [1.165, 1.54) is 0 Å². The first kappa shape index (κ1) is 12.4. The highest BCUT2D eigenvalue weighted by Gasteiger charge is 2.08. The van der Waals surface area contributed by atoms with Gasteiger partial charge in [-0.15, -0.1) is 0 Å². The van der Waals surface area contributed by atoms with E-state index in [2.05, 4.69) is 4.98 Å². The van der Waals surface area contributed by atoms with Gasteiger partial charge in [-0.25, -0.2) is 5.48 Å². The molecule has 2 aromatic heterocycles. The molecule has 3 aromatic rings. The zero-order chi connectivity index (χ0) is 13.9. The number of hydroxylamine groups is 1. The average molecular weight is 267 g/mol. The van der Waals surface area contributed by atoms with E-state index in [1.807, 2.05) is 41.2 Å². The van der Waals surface area contributed by atoms with Crippen LogP contribution in [0.15, 0.2) is 55.0 Å². The molecule has 0 saturated heterocycles. The Labute approximate surface area is 115 Å². The Morgan fingerprint density at radius 1 is 1.30 bits per heavy atom. The van der Waals surface area contributed by atoms with Crippen LogP contribution in [-0.4, -0.2) is 20.7 Å². The van der Waals surface area contributed by atoms with Crippen LogP contribution in [0, 0.1) is 0 Å². The molecule has 1 aromatic carbocycles. The molecule has 100 valence electrons. The fourth-order valence-corrected chi connectivity index (χ4v) is 2.22. The van der Waals surface area contributed by atoms with Crippen LogP contribution in [0.2, 0.25) is 0 Å². The van der Waals surface area contributed by atoms with Crippen molar-refractivity contribution in [2.24, 2.45) is 0 Å². The fourth-order valence-electron chi connectivity index (χ4n) is 2.22. The number of nitrogens with one attached hydrogen (secondary N) is 1. The first-order valence-corrected chi connectivity index (χ1v) is 6.20. The van der Waals surface area contributed by atoms with Crippen molar-refractivity contribution in [1.29, 1.82) is 0 Å². The quantitative estimate of drug-likeness (QED) is 0.564. The molecule has 2 heterocycles. The zero-order valence-electron chi connectivity index (χ0n) is 10.7. The summed E-state index contributed by atoms with van der Waals surface area (Å²) in [6, 6.07) is 11.2. The van der Waals surface area contributed by atoms with E-state index in [4.69, 9.17) is 5.21 Å². The van der Waals surface area contributed by atoms with Crippen molar-refractivity contribution in [2.45, 2.75) is 6.54 Å². The van der Waals surface area contributed by atoms with Gasteiger partial charge < -0.3 is 4.57 Å². The smallest absolute Gasteiger partial charge is 0.274 e. The van der Waals surface area contributed by atoms with Gasteiger partial charge in [-0.2, -0.15) is 0 Å². The molecule has 0 aliphatic rings. The first-order valence-electron chi connectivity index (χ1n) is 6.20. The highest BCUT2D eigenvalue weighted by Crippen LogP contribution is 2.19. The Morgan fingerprint density at radius 3 is 2.95 bits per heavy atom. The van der Waals surface area contributed by atoms with Gasteiger partial charge in [0.2, 0.25) is 0 Å². The number of fused-ring (bicyclic) bond motifs is 1. The molecule has 0 aliphatic carbocycles. The third-order valence-electron chi connectivity index (χ3n) is 3.21. The largest absolute Gasteiger partial charge is 0.343 e. The Kier molecular flexibility index (Phi) is 3.18. The molecule has 2 N–H and O–H groups in total. The van der Waals surface area contributed by atoms with Gasteiger partial charge in [0.1, 0.15) is 0 Å². The molecule has 3 rings (SSSR count). The Hall–Kier alpha value is -2.66. The van der Waals surface area contributed by atoms with Gasteiger partial charge in [0, 0.05) is 36.2 Å². The van der Waals surface area contributed by atoms with E-state index < -0.39 is 5.91 Å². The lowest BCUT2D eigenvalue weighted by Gasteiger charge is -2.06. The summed E-state index contributed by atoms with van der Waals surface area (Å²) >= 11 is 0. The lowest BCUT2D eigenvalue weighted by Crippen LogP contribution is -2.18. The number of benzene rings is 1. The molecule has 0 spiro atoms. The van der Waals surface area contributed by atoms with Crippen LogP contribution in [0.4, 0.5) is 0 Å². The van der Waals surface area contributed by atoms with Gasteiger partial charge >= 0.3 is 0 Å². The van der Waals surface area contributed by atoms with Crippen LogP contribution < -0.4 is 5.48 Å². The van der Waals surface area contributed by atoms with Gasteiger partial charge in [0.05, 0.1) is 0 Å². The average Bonchev–Trinajstić information content (AvgIpc) is 2.90. The van der Waals surface area contributed by atoms with Gasteiger partial charge in [-0.1, -0.05) is 12.1 Å². The molecule has 0 bridgehead atoms. The highest BCUT2D eigenvalue weighted by atomic mass is 16.5. The Morgan fingerprint density at radius 2 is 2.20 bits per heavy atom.